The highest BCUT2D eigenvalue weighted by atomic mass is 16.5. The molecule has 16 heavy (non-hydrogen) atoms. The van der Waals surface area contributed by atoms with Gasteiger partial charge in [-0.3, -0.25) is 0 Å². The van der Waals surface area contributed by atoms with Crippen LogP contribution in [0.4, 0.5) is 5.95 Å². The van der Waals surface area contributed by atoms with Crippen molar-refractivity contribution in [3.8, 4) is 0 Å². The maximum Gasteiger partial charge on any atom is 0.225 e. The number of ether oxygens (including phenoxy) is 1. The Morgan fingerprint density at radius 1 is 1.25 bits per heavy atom. The molecule has 0 spiro atoms. The minimum Gasteiger partial charge on any atom is -0.378 e. The molecule has 88 valence electrons. The molecule has 4 heteroatoms. The third-order valence-corrected chi connectivity index (χ3v) is 2.75. The lowest BCUT2D eigenvalue weighted by molar-refractivity contribution is 0.122. The van der Waals surface area contributed by atoms with Crippen molar-refractivity contribution in [1.82, 2.24) is 9.97 Å². The molecule has 2 heterocycles. The predicted octanol–water partition coefficient (Wildman–Crippen LogP) is 1.75. The van der Waals surface area contributed by atoms with E-state index in [9.17, 15) is 0 Å². The molecule has 1 aliphatic heterocycles. The van der Waals surface area contributed by atoms with Gasteiger partial charge >= 0.3 is 0 Å². The van der Waals surface area contributed by atoms with E-state index < -0.39 is 0 Å². The summed E-state index contributed by atoms with van der Waals surface area (Å²) in [6.45, 7) is 9.66. The summed E-state index contributed by atoms with van der Waals surface area (Å²) in [5.74, 6) is 1.30. The summed E-state index contributed by atoms with van der Waals surface area (Å²) < 4.78 is 5.33. The minimum absolute atomic E-state index is 0.446. The summed E-state index contributed by atoms with van der Waals surface area (Å²) in [5.41, 5.74) is 2.16. The van der Waals surface area contributed by atoms with Crippen molar-refractivity contribution in [2.24, 2.45) is 0 Å². The quantitative estimate of drug-likeness (QED) is 0.762. The molecule has 1 fully saturated rings. The fourth-order valence-electron chi connectivity index (χ4n) is 1.78. The molecule has 2 rings (SSSR count). The van der Waals surface area contributed by atoms with Crippen LogP contribution in [-0.4, -0.2) is 36.3 Å². The lowest BCUT2D eigenvalue weighted by Crippen LogP contribution is -2.37. The number of hydrogen-bond acceptors (Lipinski definition) is 4. The van der Waals surface area contributed by atoms with Crippen LogP contribution in [0.3, 0.4) is 0 Å². The van der Waals surface area contributed by atoms with Crippen LogP contribution in [0.25, 0.3) is 0 Å². The fourth-order valence-corrected chi connectivity index (χ4v) is 1.78. The molecule has 1 aromatic heterocycles. The van der Waals surface area contributed by atoms with Gasteiger partial charge in [0.1, 0.15) is 0 Å². The summed E-state index contributed by atoms with van der Waals surface area (Å²) in [6.07, 6.45) is 0. The van der Waals surface area contributed by atoms with Crippen LogP contribution in [0.2, 0.25) is 0 Å². The van der Waals surface area contributed by atoms with Gasteiger partial charge in [0.25, 0.3) is 0 Å². The largest absolute Gasteiger partial charge is 0.378 e. The lowest BCUT2D eigenvalue weighted by atomic mass is 10.1. The van der Waals surface area contributed by atoms with Gasteiger partial charge in [0.15, 0.2) is 0 Å². The number of hydrogen-bond donors (Lipinski definition) is 0. The SMILES string of the molecule is Cc1cc(C(C)C)nc(N2CCOCC2)n1. The smallest absolute Gasteiger partial charge is 0.225 e. The van der Waals surface area contributed by atoms with Gasteiger partial charge in [0, 0.05) is 24.5 Å². The number of morpholine rings is 1. The van der Waals surface area contributed by atoms with Crippen molar-refractivity contribution in [2.45, 2.75) is 26.7 Å². The van der Waals surface area contributed by atoms with Crippen molar-refractivity contribution in [3.63, 3.8) is 0 Å². The highest BCUT2D eigenvalue weighted by Crippen LogP contribution is 2.17. The molecule has 1 aliphatic rings. The topological polar surface area (TPSA) is 38.2 Å². The molecule has 0 atom stereocenters. The average Bonchev–Trinajstić information content (AvgIpc) is 2.29. The number of rotatable bonds is 2. The summed E-state index contributed by atoms with van der Waals surface area (Å²) >= 11 is 0. The highest BCUT2D eigenvalue weighted by Gasteiger charge is 2.15. The minimum atomic E-state index is 0.446. The van der Waals surface area contributed by atoms with Crippen molar-refractivity contribution < 1.29 is 4.74 Å². The van der Waals surface area contributed by atoms with E-state index in [4.69, 9.17) is 4.74 Å². The van der Waals surface area contributed by atoms with E-state index in [1.54, 1.807) is 0 Å². The lowest BCUT2D eigenvalue weighted by Gasteiger charge is -2.27. The first kappa shape index (κ1) is 11.3. The van der Waals surface area contributed by atoms with E-state index in [2.05, 4.69) is 34.8 Å². The van der Waals surface area contributed by atoms with Gasteiger partial charge in [-0.15, -0.1) is 0 Å². The number of aryl methyl sites for hydroxylation is 1. The van der Waals surface area contributed by atoms with Crippen LogP contribution in [0.5, 0.6) is 0 Å². The molecule has 0 N–H and O–H groups in total. The van der Waals surface area contributed by atoms with Crippen LogP contribution in [-0.2, 0) is 4.74 Å². The Morgan fingerprint density at radius 2 is 1.94 bits per heavy atom. The summed E-state index contributed by atoms with van der Waals surface area (Å²) in [6, 6.07) is 2.06. The van der Waals surface area contributed by atoms with Gasteiger partial charge in [-0.1, -0.05) is 13.8 Å². The third-order valence-electron chi connectivity index (χ3n) is 2.75. The number of anilines is 1. The second kappa shape index (κ2) is 4.78. The van der Waals surface area contributed by atoms with Crippen LogP contribution < -0.4 is 4.90 Å². The van der Waals surface area contributed by atoms with Crippen LogP contribution in [0.15, 0.2) is 6.07 Å². The first-order valence-electron chi connectivity index (χ1n) is 5.85. The van der Waals surface area contributed by atoms with Crippen LogP contribution in [0.1, 0.15) is 31.2 Å². The zero-order chi connectivity index (χ0) is 11.5. The normalized spacial score (nSPS) is 16.9. The second-order valence-corrected chi connectivity index (χ2v) is 4.49. The Morgan fingerprint density at radius 3 is 2.56 bits per heavy atom. The van der Waals surface area contributed by atoms with Crippen molar-refractivity contribution >= 4 is 5.95 Å². The van der Waals surface area contributed by atoms with Gasteiger partial charge in [0.05, 0.1) is 13.2 Å². The highest BCUT2D eigenvalue weighted by molar-refractivity contribution is 5.33. The standard InChI is InChI=1S/C12H19N3O/c1-9(2)11-8-10(3)13-12(14-11)15-4-6-16-7-5-15/h8-9H,4-7H2,1-3H3. The maximum absolute atomic E-state index is 5.33. The summed E-state index contributed by atoms with van der Waals surface area (Å²) in [5, 5.41) is 0. The van der Waals surface area contributed by atoms with E-state index in [1.165, 1.54) is 0 Å². The Labute approximate surface area is 96.7 Å². The fraction of sp³-hybridized carbons (Fsp3) is 0.667. The Balaban J connectivity index is 2.25. The molecule has 4 nitrogen and oxygen atoms in total. The van der Waals surface area contributed by atoms with E-state index in [0.717, 1.165) is 43.6 Å². The number of aromatic nitrogens is 2. The van der Waals surface area contributed by atoms with E-state index in [-0.39, 0.29) is 0 Å². The first-order chi connectivity index (χ1) is 7.66. The van der Waals surface area contributed by atoms with Gasteiger partial charge in [0.2, 0.25) is 5.95 Å². The Bertz CT molecular complexity index is 359. The second-order valence-electron chi connectivity index (χ2n) is 4.49. The van der Waals surface area contributed by atoms with E-state index in [1.807, 2.05) is 6.92 Å². The van der Waals surface area contributed by atoms with Gasteiger partial charge < -0.3 is 9.64 Å². The van der Waals surface area contributed by atoms with Crippen LogP contribution in [0, 0.1) is 6.92 Å². The molecule has 0 amide bonds. The van der Waals surface area contributed by atoms with Gasteiger partial charge in [-0.25, -0.2) is 9.97 Å². The zero-order valence-electron chi connectivity index (χ0n) is 10.2. The van der Waals surface area contributed by atoms with Gasteiger partial charge in [-0.2, -0.15) is 0 Å². The van der Waals surface area contributed by atoms with Gasteiger partial charge in [-0.05, 0) is 18.9 Å². The first-order valence-corrected chi connectivity index (χ1v) is 5.85. The van der Waals surface area contributed by atoms with E-state index in [0.29, 0.717) is 5.92 Å². The molecule has 0 aliphatic carbocycles. The molecule has 0 aromatic carbocycles. The molecular formula is C12H19N3O. The van der Waals surface area contributed by atoms with E-state index >= 15 is 0 Å². The molecule has 0 radical (unpaired) electrons. The number of nitrogens with zero attached hydrogens (tertiary/aromatic N) is 3. The zero-order valence-corrected chi connectivity index (χ0v) is 10.2. The summed E-state index contributed by atoms with van der Waals surface area (Å²) in [4.78, 5) is 11.3. The Kier molecular flexibility index (Phi) is 3.39. The molecule has 1 aromatic rings. The molecular weight excluding hydrogens is 202 g/mol. The monoisotopic (exact) mass is 221 g/mol. The average molecular weight is 221 g/mol. The molecule has 1 saturated heterocycles. The molecule has 0 unspecified atom stereocenters. The summed E-state index contributed by atoms with van der Waals surface area (Å²) in [7, 11) is 0. The Hall–Kier alpha value is -1.16. The van der Waals surface area contributed by atoms with Crippen molar-refractivity contribution in [1.29, 1.82) is 0 Å². The molecule has 0 saturated carbocycles. The van der Waals surface area contributed by atoms with Crippen LogP contribution >= 0.6 is 0 Å². The third kappa shape index (κ3) is 2.50. The van der Waals surface area contributed by atoms with Crippen molar-refractivity contribution in [2.75, 3.05) is 31.2 Å². The maximum atomic E-state index is 5.33. The predicted molar refractivity (Wildman–Crippen MR) is 63.9 cm³/mol. The van der Waals surface area contributed by atoms with Crippen molar-refractivity contribution in [3.05, 3.63) is 17.5 Å². The molecule has 0 bridgehead atoms.